The molecule has 40 heavy (non-hydrogen) atoms. The SMILES string of the molecule is O=S(=O)([O-])CCCOc1ccc(C#Cc2ccc(C#Cc3ccc(OCCCS(=O)(=O)[O-])cc3)cc2)cc1.[Na+].[Na+]. The topological polar surface area (TPSA) is 133 Å². The molecule has 0 aliphatic carbocycles. The van der Waals surface area contributed by atoms with Crippen LogP contribution in [0, 0.1) is 23.7 Å². The van der Waals surface area contributed by atoms with Gasteiger partial charge >= 0.3 is 59.1 Å². The van der Waals surface area contributed by atoms with E-state index in [-0.39, 0.29) is 85.2 Å². The van der Waals surface area contributed by atoms with E-state index in [1.165, 1.54) is 0 Å². The molecule has 3 aromatic carbocycles. The van der Waals surface area contributed by atoms with Gasteiger partial charge in [0.25, 0.3) is 0 Å². The van der Waals surface area contributed by atoms with Gasteiger partial charge in [0, 0.05) is 33.8 Å². The van der Waals surface area contributed by atoms with Gasteiger partial charge in [-0.15, -0.1) is 0 Å². The zero-order valence-electron chi connectivity index (χ0n) is 22.3. The van der Waals surface area contributed by atoms with Crippen molar-refractivity contribution in [3.05, 3.63) is 95.1 Å². The predicted octanol–water partition coefficient (Wildman–Crippen LogP) is -2.88. The Balaban J connectivity index is 0.00000400. The molecule has 0 aliphatic heterocycles. The van der Waals surface area contributed by atoms with Gasteiger partial charge in [0.05, 0.1) is 33.5 Å². The van der Waals surface area contributed by atoms with Crippen LogP contribution in [-0.4, -0.2) is 50.7 Å². The maximum absolute atomic E-state index is 10.6. The first-order valence-corrected chi connectivity index (χ1v) is 14.7. The first-order chi connectivity index (χ1) is 18.1. The van der Waals surface area contributed by atoms with E-state index in [1.54, 1.807) is 48.5 Å². The molecule has 3 rings (SSSR count). The van der Waals surface area contributed by atoms with Gasteiger partial charge in [-0.05, 0) is 85.6 Å². The summed E-state index contributed by atoms with van der Waals surface area (Å²) in [6.45, 7) is 0.281. The second-order valence-corrected chi connectivity index (χ2v) is 11.1. The Morgan fingerprint density at radius 3 is 1.00 bits per heavy atom. The van der Waals surface area contributed by atoms with Crippen LogP contribution in [0.5, 0.6) is 11.5 Å². The first-order valence-electron chi connectivity index (χ1n) is 11.5. The molecule has 3 aromatic rings. The van der Waals surface area contributed by atoms with Crippen molar-refractivity contribution in [3.8, 4) is 35.2 Å². The Labute approximate surface area is 280 Å². The van der Waals surface area contributed by atoms with Crippen LogP contribution in [0.3, 0.4) is 0 Å². The molecule has 0 bridgehead atoms. The molecule has 198 valence electrons. The molecular weight excluding hydrogens is 574 g/mol. The molecule has 0 spiro atoms. The van der Waals surface area contributed by atoms with Crippen LogP contribution in [-0.2, 0) is 20.2 Å². The minimum absolute atomic E-state index is 0. The summed E-state index contributed by atoms with van der Waals surface area (Å²) in [5.41, 5.74) is 3.21. The average Bonchev–Trinajstić information content (AvgIpc) is 2.87. The maximum atomic E-state index is 10.6. The van der Waals surface area contributed by atoms with Crippen molar-refractivity contribution in [1.29, 1.82) is 0 Å². The van der Waals surface area contributed by atoms with Crippen LogP contribution >= 0.6 is 0 Å². The van der Waals surface area contributed by atoms with Crippen molar-refractivity contribution < 1.29 is 94.5 Å². The number of hydrogen-bond acceptors (Lipinski definition) is 8. The van der Waals surface area contributed by atoms with Gasteiger partial charge in [-0.25, -0.2) is 16.8 Å². The van der Waals surface area contributed by atoms with Crippen LogP contribution in [0.1, 0.15) is 35.1 Å². The summed E-state index contributed by atoms with van der Waals surface area (Å²) in [6, 6.07) is 21.6. The van der Waals surface area contributed by atoms with Gasteiger partial charge in [-0.2, -0.15) is 0 Å². The van der Waals surface area contributed by atoms with Gasteiger partial charge in [0.1, 0.15) is 11.5 Å². The summed E-state index contributed by atoms with van der Waals surface area (Å²) < 4.78 is 74.4. The molecule has 0 amide bonds. The van der Waals surface area contributed by atoms with E-state index in [1.807, 2.05) is 24.3 Å². The molecule has 12 heteroatoms. The van der Waals surface area contributed by atoms with Crippen molar-refractivity contribution in [1.82, 2.24) is 0 Å². The smallest absolute Gasteiger partial charge is 0.748 e. The second-order valence-electron chi connectivity index (χ2n) is 8.05. The van der Waals surface area contributed by atoms with E-state index in [0.717, 1.165) is 22.3 Å². The quantitative estimate of drug-likeness (QED) is 0.105. The maximum Gasteiger partial charge on any atom is 1.00 e. The molecule has 0 N–H and O–H groups in total. The summed E-state index contributed by atoms with van der Waals surface area (Å²) in [5.74, 6) is 12.5. The summed E-state index contributed by atoms with van der Waals surface area (Å²) >= 11 is 0. The van der Waals surface area contributed by atoms with E-state index >= 15 is 0 Å². The summed E-state index contributed by atoms with van der Waals surface area (Å²) in [5, 5.41) is 0. The molecule has 0 radical (unpaired) electrons. The van der Waals surface area contributed by atoms with Crippen molar-refractivity contribution in [2.45, 2.75) is 12.8 Å². The fourth-order valence-electron chi connectivity index (χ4n) is 3.05. The first kappa shape index (κ1) is 36.2. The molecule has 0 aliphatic rings. The summed E-state index contributed by atoms with van der Waals surface area (Å²) in [4.78, 5) is 0. The standard InChI is InChI=1S/C28H26O8S2.2Na/c29-37(30,31)21-1-19-35-27-15-11-25(12-16-27)9-7-23-3-5-24(6-4-23)8-10-26-13-17-28(18-14-26)36-20-2-22-38(32,33)34;;/h3-6,11-18H,1-2,19-22H2,(H,29,30,31)(H,32,33,34);;/q;2*+1/p-2. The zero-order chi connectivity index (χ0) is 27.4. The van der Waals surface area contributed by atoms with Crippen LogP contribution in [0.2, 0.25) is 0 Å². The molecule has 0 heterocycles. The Kier molecular flexibility index (Phi) is 16.2. The van der Waals surface area contributed by atoms with Crippen molar-refractivity contribution in [2.75, 3.05) is 24.7 Å². The minimum atomic E-state index is -4.23. The average molecular weight is 599 g/mol. The van der Waals surface area contributed by atoms with E-state index in [4.69, 9.17) is 9.47 Å². The Hall–Kier alpha value is -1.80. The van der Waals surface area contributed by atoms with Crippen molar-refractivity contribution in [2.24, 2.45) is 0 Å². The van der Waals surface area contributed by atoms with Crippen LogP contribution in [0.15, 0.2) is 72.8 Å². The van der Waals surface area contributed by atoms with Crippen LogP contribution in [0.25, 0.3) is 0 Å². The van der Waals surface area contributed by atoms with Gasteiger partial charge in [-0.1, -0.05) is 23.7 Å². The number of rotatable bonds is 10. The molecule has 8 nitrogen and oxygen atoms in total. The number of ether oxygens (including phenoxy) is 2. The Morgan fingerprint density at radius 2 is 0.750 bits per heavy atom. The normalized spacial score (nSPS) is 10.4. The van der Waals surface area contributed by atoms with Gasteiger partial charge in [0.2, 0.25) is 0 Å². The van der Waals surface area contributed by atoms with Crippen molar-refractivity contribution >= 4 is 20.2 Å². The van der Waals surface area contributed by atoms with Crippen LogP contribution < -0.4 is 68.6 Å². The fourth-order valence-corrected chi connectivity index (χ4v) is 3.99. The van der Waals surface area contributed by atoms with Gasteiger partial charge in [-0.3, -0.25) is 0 Å². The van der Waals surface area contributed by atoms with Gasteiger partial charge in [0.15, 0.2) is 0 Å². The minimum Gasteiger partial charge on any atom is -0.748 e. The molecule has 0 fully saturated rings. The van der Waals surface area contributed by atoms with E-state index in [9.17, 15) is 25.9 Å². The third-order valence-corrected chi connectivity index (χ3v) is 6.49. The third-order valence-electron chi connectivity index (χ3n) is 4.91. The van der Waals surface area contributed by atoms with E-state index in [0.29, 0.717) is 11.5 Å². The molecule has 0 saturated heterocycles. The van der Waals surface area contributed by atoms with E-state index < -0.39 is 31.7 Å². The molecule has 0 aromatic heterocycles. The number of benzene rings is 3. The molecular formula is C28H24Na2O8S2. The second kappa shape index (κ2) is 17.9. The zero-order valence-corrected chi connectivity index (χ0v) is 27.9. The predicted molar refractivity (Wildman–Crippen MR) is 141 cm³/mol. The fraction of sp³-hybridized carbons (Fsp3) is 0.214. The number of hydrogen-bond donors (Lipinski definition) is 0. The van der Waals surface area contributed by atoms with Crippen molar-refractivity contribution in [3.63, 3.8) is 0 Å². The Morgan fingerprint density at radius 1 is 0.500 bits per heavy atom. The van der Waals surface area contributed by atoms with Gasteiger partial charge < -0.3 is 18.6 Å². The molecule has 0 atom stereocenters. The largest absolute Gasteiger partial charge is 1.00 e. The summed E-state index contributed by atoms with van der Waals surface area (Å²) in [6.07, 6.45) is 0.273. The van der Waals surface area contributed by atoms with E-state index in [2.05, 4.69) is 23.7 Å². The summed E-state index contributed by atoms with van der Waals surface area (Å²) in [7, 11) is -8.45. The monoisotopic (exact) mass is 598 g/mol. The Bertz CT molecular complexity index is 1430. The molecule has 0 saturated carbocycles. The molecule has 0 unspecified atom stereocenters. The third kappa shape index (κ3) is 15.3. The van der Waals surface area contributed by atoms with Crippen LogP contribution in [0.4, 0.5) is 0 Å².